The summed E-state index contributed by atoms with van der Waals surface area (Å²) in [5.41, 5.74) is 13.0. The zero-order chi connectivity index (χ0) is 29.6. The van der Waals surface area contributed by atoms with Crippen LogP contribution in [0.5, 0.6) is 0 Å². The number of benzene rings is 6. The first-order valence-corrected chi connectivity index (χ1v) is 14.8. The summed E-state index contributed by atoms with van der Waals surface area (Å²) < 4.78 is 0. The molecule has 6 aromatic rings. The molecule has 6 rings (SSSR count). The number of aryl methyl sites for hydroxylation is 3. The Kier molecular flexibility index (Phi) is 8.19. The van der Waals surface area contributed by atoms with Crippen molar-refractivity contribution in [2.45, 2.75) is 20.8 Å². The van der Waals surface area contributed by atoms with Crippen LogP contribution in [0.25, 0.3) is 12.2 Å². The number of rotatable bonds is 8. The Bertz CT molecular complexity index is 1760. The van der Waals surface area contributed by atoms with Crippen molar-refractivity contribution in [1.29, 1.82) is 0 Å². The average Bonchev–Trinajstić information content (AvgIpc) is 3.03. The third kappa shape index (κ3) is 6.45. The molecule has 0 fully saturated rings. The van der Waals surface area contributed by atoms with Crippen LogP contribution < -0.4 is 9.80 Å². The fourth-order valence-electron chi connectivity index (χ4n) is 5.58. The van der Waals surface area contributed by atoms with Crippen LogP contribution in [0.1, 0.15) is 27.8 Å². The van der Waals surface area contributed by atoms with Crippen molar-refractivity contribution >= 4 is 46.3 Å². The van der Waals surface area contributed by atoms with Crippen LogP contribution in [0, 0.1) is 20.8 Å². The van der Waals surface area contributed by atoms with Crippen LogP contribution in [0.15, 0.2) is 152 Å². The van der Waals surface area contributed by atoms with Gasteiger partial charge in [-0.25, -0.2) is 0 Å². The molecule has 43 heavy (non-hydrogen) atoms. The van der Waals surface area contributed by atoms with Crippen LogP contribution in [-0.4, -0.2) is 0 Å². The molecular formula is C41H36N2. The molecule has 0 aliphatic carbocycles. The lowest BCUT2D eigenvalue weighted by Gasteiger charge is -2.27. The third-order valence-corrected chi connectivity index (χ3v) is 7.62. The van der Waals surface area contributed by atoms with E-state index in [0.717, 1.165) is 33.9 Å². The largest absolute Gasteiger partial charge is 0.311 e. The Morgan fingerprint density at radius 1 is 0.372 bits per heavy atom. The van der Waals surface area contributed by atoms with Gasteiger partial charge in [0.2, 0.25) is 0 Å². The number of anilines is 6. The molecule has 2 nitrogen and oxygen atoms in total. The second-order valence-electron chi connectivity index (χ2n) is 11.0. The molecule has 0 aromatic heterocycles. The highest BCUT2D eigenvalue weighted by atomic mass is 15.1. The molecule has 2 heteroatoms. The van der Waals surface area contributed by atoms with Gasteiger partial charge < -0.3 is 9.80 Å². The van der Waals surface area contributed by atoms with E-state index in [4.69, 9.17) is 0 Å². The molecule has 0 bridgehead atoms. The van der Waals surface area contributed by atoms with E-state index < -0.39 is 0 Å². The molecule has 6 aromatic carbocycles. The normalized spacial score (nSPS) is 11.0. The third-order valence-electron chi connectivity index (χ3n) is 7.62. The summed E-state index contributed by atoms with van der Waals surface area (Å²) in [6.45, 7) is 6.49. The Morgan fingerprint density at radius 2 is 0.791 bits per heavy atom. The van der Waals surface area contributed by atoms with E-state index in [1.807, 2.05) is 0 Å². The first-order chi connectivity index (χ1) is 21.0. The minimum atomic E-state index is 1.13. The quantitative estimate of drug-likeness (QED) is 0.172. The van der Waals surface area contributed by atoms with Crippen molar-refractivity contribution in [3.05, 3.63) is 179 Å². The first-order valence-electron chi connectivity index (χ1n) is 14.8. The molecule has 0 amide bonds. The lowest BCUT2D eigenvalue weighted by Crippen LogP contribution is -2.11. The summed E-state index contributed by atoms with van der Waals surface area (Å²) in [6.07, 6.45) is 4.36. The van der Waals surface area contributed by atoms with Gasteiger partial charge in [-0.05, 0) is 115 Å². The Hall–Kier alpha value is -5.34. The highest BCUT2D eigenvalue weighted by Gasteiger charge is 2.15. The molecule has 0 aliphatic heterocycles. The van der Waals surface area contributed by atoms with Crippen molar-refractivity contribution in [3.63, 3.8) is 0 Å². The Morgan fingerprint density at radius 3 is 1.28 bits per heavy atom. The minimum absolute atomic E-state index is 1.13. The Labute approximate surface area is 255 Å². The molecular weight excluding hydrogens is 520 g/mol. The lowest BCUT2D eigenvalue weighted by atomic mass is 10.1. The fourth-order valence-corrected chi connectivity index (χ4v) is 5.58. The smallest absolute Gasteiger partial charge is 0.0490 e. The Balaban J connectivity index is 1.25. The van der Waals surface area contributed by atoms with Crippen molar-refractivity contribution in [2.24, 2.45) is 0 Å². The molecule has 0 heterocycles. The van der Waals surface area contributed by atoms with Crippen molar-refractivity contribution < 1.29 is 0 Å². The monoisotopic (exact) mass is 556 g/mol. The van der Waals surface area contributed by atoms with Gasteiger partial charge in [0.1, 0.15) is 0 Å². The first kappa shape index (κ1) is 27.8. The SMILES string of the molecule is Cc1cc(C)cc(N(c2ccc(C=Cc3ccc(N(c4ccccc4)c4ccccc4)cc3)cc2)c2ccccc2C)c1. The van der Waals surface area contributed by atoms with Crippen molar-refractivity contribution in [1.82, 2.24) is 0 Å². The number of hydrogen-bond acceptors (Lipinski definition) is 2. The zero-order valence-corrected chi connectivity index (χ0v) is 25.0. The van der Waals surface area contributed by atoms with Crippen LogP contribution >= 0.6 is 0 Å². The second kappa shape index (κ2) is 12.7. The summed E-state index contributed by atoms with van der Waals surface area (Å²) in [6, 6.07) is 53.9. The van der Waals surface area contributed by atoms with Crippen LogP contribution in [-0.2, 0) is 0 Å². The van der Waals surface area contributed by atoms with Gasteiger partial charge in [-0.1, -0.05) is 97.1 Å². The zero-order valence-electron chi connectivity index (χ0n) is 25.0. The maximum Gasteiger partial charge on any atom is 0.0490 e. The molecule has 210 valence electrons. The van der Waals surface area contributed by atoms with E-state index in [-0.39, 0.29) is 0 Å². The lowest BCUT2D eigenvalue weighted by molar-refractivity contribution is 1.23. The summed E-state index contributed by atoms with van der Waals surface area (Å²) in [7, 11) is 0. The topological polar surface area (TPSA) is 6.48 Å². The summed E-state index contributed by atoms with van der Waals surface area (Å²) >= 11 is 0. The standard InChI is InChI=1S/C41H36N2/c1-31-28-32(2)30-40(29-31)43(41-17-11-10-12-33(41)3)39-26-22-35(23-27-39)19-18-34-20-24-38(25-21-34)42(36-13-6-4-7-14-36)37-15-8-5-9-16-37/h4-30H,1-3H3. The minimum Gasteiger partial charge on any atom is -0.311 e. The highest BCUT2D eigenvalue weighted by molar-refractivity contribution is 5.81. The molecule has 0 saturated heterocycles. The molecule has 0 spiro atoms. The molecule has 0 unspecified atom stereocenters. The predicted molar refractivity (Wildman–Crippen MR) is 185 cm³/mol. The highest BCUT2D eigenvalue weighted by Crippen LogP contribution is 2.38. The van der Waals surface area contributed by atoms with Gasteiger partial charge in [-0.2, -0.15) is 0 Å². The number of hydrogen-bond donors (Lipinski definition) is 0. The summed E-state index contributed by atoms with van der Waals surface area (Å²) in [5, 5.41) is 0. The van der Waals surface area contributed by atoms with E-state index in [9.17, 15) is 0 Å². The maximum atomic E-state index is 2.35. The average molecular weight is 557 g/mol. The van der Waals surface area contributed by atoms with E-state index in [1.54, 1.807) is 0 Å². The summed E-state index contributed by atoms with van der Waals surface area (Å²) in [4.78, 5) is 4.63. The molecule has 0 N–H and O–H groups in total. The van der Waals surface area contributed by atoms with Gasteiger partial charge in [0.25, 0.3) is 0 Å². The van der Waals surface area contributed by atoms with E-state index >= 15 is 0 Å². The van der Waals surface area contributed by atoms with Gasteiger partial charge in [0.15, 0.2) is 0 Å². The molecule has 0 saturated carbocycles. The molecule has 0 radical (unpaired) electrons. The summed E-state index contributed by atoms with van der Waals surface area (Å²) in [5.74, 6) is 0. The van der Waals surface area contributed by atoms with Crippen LogP contribution in [0.2, 0.25) is 0 Å². The van der Waals surface area contributed by atoms with Gasteiger partial charge in [-0.15, -0.1) is 0 Å². The van der Waals surface area contributed by atoms with E-state index in [2.05, 4.69) is 194 Å². The predicted octanol–water partition coefficient (Wildman–Crippen LogP) is 11.7. The number of nitrogens with zero attached hydrogens (tertiary/aromatic N) is 2. The van der Waals surface area contributed by atoms with Gasteiger partial charge in [0, 0.05) is 34.1 Å². The van der Waals surface area contributed by atoms with Gasteiger partial charge in [0.05, 0.1) is 0 Å². The van der Waals surface area contributed by atoms with Crippen molar-refractivity contribution in [3.8, 4) is 0 Å². The van der Waals surface area contributed by atoms with E-state index in [0.29, 0.717) is 0 Å². The van der Waals surface area contributed by atoms with Crippen LogP contribution in [0.4, 0.5) is 34.1 Å². The molecule has 0 aliphatic rings. The van der Waals surface area contributed by atoms with E-state index in [1.165, 1.54) is 28.1 Å². The maximum absolute atomic E-state index is 2.35. The van der Waals surface area contributed by atoms with Crippen molar-refractivity contribution in [2.75, 3.05) is 9.80 Å². The second-order valence-corrected chi connectivity index (χ2v) is 11.0. The number of para-hydroxylation sites is 3. The van der Waals surface area contributed by atoms with Gasteiger partial charge >= 0.3 is 0 Å². The fraction of sp³-hybridized carbons (Fsp3) is 0.0732. The molecule has 0 atom stereocenters. The van der Waals surface area contributed by atoms with Gasteiger partial charge in [-0.3, -0.25) is 0 Å². The van der Waals surface area contributed by atoms with Crippen LogP contribution in [0.3, 0.4) is 0 Å².